The number of halogens is 7. The van der Waals surface area contributed by atoms with Crippen molar-refractivity contribution >= 4 is 75.5 Å². The Morgan fingerprint density at radius 2 is 1.74 bits per heavy atom. The maximum absolute atomic E-state index is 13.9. The maximum atomic E-state index is 13.9. The predicted molar refractivity (Wildman–Crippen MR) is 134 cm³/mol. The fourth-order valence-corrected chi connectivity index (χ4v) is 5.03. The summed E-state index contributed by atoms with van der Waals surface area (Å²) >= 11 is 30.9. The van der Waals surface area contributed by atoms with Crippen LogP contribution in [0.2, 0.25) is 15.1 Å². The number of carbonyl (C=O) groups excluding carboxylic acids is 2. The summed E-state index contributed by atoms with van der Waals surface area (Å²) in [6.45, 7) is 0.441. The second-order valence-corrected chi connectivity index (χ2v) is 10.1. The molecule has 0 saturated heterocycles. The van der Waals surface area contributed by atoms with Crippen molar-refractivity contribution in [2.45, 2.75) is 17.2 Å². The van der Waals surface area contributed by atoms with Gasteiger partial charge in [-0.1, -0.05) is 40.9 Å². The summed E-state index contributed by atoms with van der Waals surface area (Å²) in [5.41, 5.74) is 0.591. The highest BCUT2D eigenvalue weighted by atomic mass is 35.5. The fourth-order valence-electron chi connectivity index (χ4n) is 3.46. The van der Waals surface area contributed by atoms with Gasteiger partial charge in [-0.25, -0.2) is 8.78 Å². The summed E-state index contributed by atoms with van der Waals surface area (Å²) in [5.74, 6) is -3.54. The molecule has 180 valence electrons. The summed E-state index contributed by atoms with van der Waals surface area (Å²) in [5, 5.41) is 5.80. The highest BCUT2D eigenvalue weighted by Gasteiger charge is 2.67. The number of carbonyl (C=O) groups is 2. The molecule has 1 fully saturated rings. The standard InChI is InChI=1S/C23H17Cl5F2N2O2/c1-2-18(17(30)5-6-29)32-21(33)15-10-14(3-4-16(15)26)31-22(34)20-19(23(20,27)28)11-7-12(24)9-13(25)8-11/h2-5,7-10,19-20H,6H2,1H3,(H,31,34)(H,32,33)/b17-5+,18-2+. The molecule has 2 unspecified atom stereocenters. The number of hydrogen-bond donors (Lipinski definition) is 2. The van der Waals surface area contributed by atoms with Gasteiger partial charge in [0.1, 0.15) is 16.8 Å². The molecule has 1 aliphatic carbocycles. The van der Waals surface area contributed by atoms with Crippen LogP contribution in [0, 0.1) is 5.92 Å². The third kappa shape index (κ3) is 5.86. The van der Waals surface area contributed by atoms with Gasteiger partial charge in [0, 0.05) is 21.7 Å². The van der Waals surface area contributed by atoms with Gasteiger partial charge < -0.3 is 10.6 Å². The van der Waals surface area contributed by atoms with Gasteiger partial charge in [-0.2, -0.15) is 0 Å². The molecule has 2 amide bonds. The molecule has 2 aromatic rings. The molecule has 1 aliphatic rings. The lowest BCUT2D eigenvalue weighted by atomic mass is 10.1. The van der Waals surface area contributed by atoms with E-state index >= 15 is 0 Å². The third-order valence-corrected chi connectivity index (χ3v) is 6.82. The van der Waals surface area contributed by atoms with Gasteiger partial charge in [0.15, 0.2) is 0 Å². The molecule has 0 spiro atoms. The Morgan fingerprint density at radius 3 is 2.32 bits per heavy atom. The molecule has 0 aromatic heterocycles. The maximum Gasteiger partial charge on any atom is 0.257 e. The third-order valence-electron chi connectivity index (χ3n) is 5.11. The number of rotatable bonds is 7. The van der Waals surface area contributed by atoms with Crippen LogP contribution >= 0.6 is 58.0 Å². The minimum absolute atomic E-state index is 0.0381. The molecule has 11 heteroatoms. The van der Waals surface area contributed by atoms with E-state index in [4.69, 9.17) is 58.0 Å². The van der Waals surface area contributed by atoms with E-state index in [9.17, 15) is 18.4 Å². The smallest absolute Gasteiger partial charge is 0.257 e. The molecule has 3 rings (SSSR count). The van der Waals surface area contributed by atoms with E-state index in [1.165, 1.54) is 31.2 Å². The van der Waals surface area contributed by atoms with Crippen LogP contribution in [0.5, 0.6) is 0 Å². The summed E-state index contributed by atoms with van der Waals surface area (Å²) in [6.07, 6.45) is 1.95. The van der Waals surface area contributed by atoms with Crippen molar-refractivity contribution in [3.8, 4) is 0 Å². The van der Waals surface area contributed by atoms with Crippen molar-refractivity contribution < 1.29 is 18.4 Å². The number of hydrogen-bond acceptors (Lipinski definition) is 2. The van der Waals surface area contributed by atoms with Gasteiger partial charge in [0.2, 0.25) is 5.91 Å². The Balaban J connectivity index is 1.78. The van der Waals surface area contributed by atoms with Crippen molar-refractivity contribution in [1.29, 1.82) is 0 Å². The van der Waals surface area contributed by atoms with Gasteiger partial charge in [-0.05, 0) is 55.0 Å². The highest BCUT2D eigenvalue weighted by Crippen LogP contribution is 2.65. The van der Waals surface area contributed by atoms with Crippen LogP contribution < -0.4 is 10.6 Å². The number of amides is 2. The minimum Gasteiger partial charge on any atom is -0.326 e. The van der Waals surface area contributed by atoms with Crippen LogP contribution in [-0.4, -0.2) is 22.8 Å². The number of nitrogens with one attached hydrogen (secondary N) is 2. The summed E-state index contributed by atoms with van der Waals surface area (Å²) in [4.78, 5) is 25.5. The highest BCUT2D eigenvalue weighted by molar-refractivity contribution is 6.53. The number of anilines is 1. The van der Waals surface area contributed by atoms with Crippen LogP contribution in [0.4, 0.5) is 14.5 Å². The van der Waals surface area contributed by atoms with E-state index < -0.39 is 40.5 Å². The zero-order valence-electron chi connectivity index (χ0n) is 17.4. The summed E-state index contributed by atoms with van der Waals surface area (Å²) < 4.78 is 24.9. The lowest BCUT2D eigenvalue weighted by Gasteiger charge is -2.11. The molecule has 0 radical (unpaired) electrons. The largest absolute Gasteiger partial charge is 0.326 e. The predicted octanol–water partition coefficient (Wildman–Crippen LogP) is 7.63. The summed E-state index contributed by atoms with van der Waals surface area (Å²) in [7, 11) is 0. The van der Waals surface area contributed by atoms with Crippen molar-refractivity contribution in [2.75, 3.05) is 12.0 Å². The topological polar surface area (TPSA) is 58.2 Å². The normalized spacial score (nSPS) is 19.5. The molecular formula is C23H17Cl5F2N2O2. The SMILES string of the molecule is C/C=C(NC(=O)c1cc(NC(=O)C2C(c3cc(Cl)cc(Cl)c3)C2(Cl)Cl)ccc1Cl)\C(F)=C/CF. The Labute approximate surface area is 219 Å². The van der Waals surface area contributed by atoms with E-state index in [1.807, 2.05) is 0 Å². The molecular weight excluding hydrogens is 552 g/mol. The lowest BCUT2D eigenvalue weighted by Crippen LogP contribution is -2.24. The molecule has 4 nitrogen and oxygen atoms in total. The Kier molecular flexibility index (Phi) is 8.53. The van der Waals surface area contributed by atoms with Crippen molar-refractivity contribution in [1.82, 2.24) is 5.32 Å². The first-order valence-corrected chi connectivity index (χ1v) is 11.7. The monoisotopic (exact) mass is 566 g/mol. The quantitative estimate of drug-likeness (QED) is 0.267. The molecule has 0 aliphatic heterocycles. The number of allylic oxidation sites excluding steroid dienone is 3. The molecule has 34 heavy (non-hydrogen) atoms. The average Bonchev–Trinajstić information content (AvgIpc) is 3.34. The molecule has 0 bridgehead atoms. The first-order chi connectivity index (χ1) is 16.0. The molecule has 2 atom stereocenters. The van der Waals surface area contributed by atoms with Crippen LogP contribution in [0.15, 0.2) is 60.1 Å². The van der Waals surface area contributed by atoms with E-state index in [1.54, 1.807) is 18.2 Å². The average molecular weight is 569 g/mol. The van der Waals surface area contributed by atoms with E-state index in [0.717, 1.165) is 0 Å². The van der Waals surface area contributed by atoms with E-state index in [2.05, 4.69) is 10.6 Å². The second kappa shape index (κ2) is 10.8. The van der Waals surface area contributed by atoms with Gasteiger partial charge >= 0.3 is 0 Å². The van der Waals surface area contributed by atoms with E-state index in [-0.39, 0.29) is 22.0 Å². The first-order valence-electron chi connectivity index (χ1n) is 9.83. The Hall–Kier alpha value is -1.83. The molecule has 0 heterocycles. The minimum atomic E-state index is -1.38. The Morgan fingerprint density at radius 1 is 1.09 bits per heavy atom. The van der Waals surface area contributed by atoms with Crippen molar-refractivity contribution in [2.24, 2.45) is 5.92 Å². The second-order valence-electron chi connectivity index (χ2n) is 7.38. The van der Waals surface area contributed by atoms with Crippen LogP contribution in [0.3, 0.4) is 0 Å². The van der Waals surface area contributed by atoms with Gasteiger partial charge in [0.25, 0.3) is 5.91 Å². The molecule has 1 saturated carbocycles. The van der Waals surface area contributed by atoms with E-state index in [0.29, 0.717) is 21.7 Å². The van der Waals surface area contributed by atoms with Crippen LogP contribution in [0.1, 0.15) is 28.8 Å². The lowest BCUT2D eigenvalue weighted by molar-refractivity contribution is -0.117. The number of benzene rings is 2. The summed E-state index contributed by atoms with van der Waals surface area (Å²) in [6, 6.07) is 9.00. The van der Waals surface area contributed by atoms with Crippen molar-refractivity contribution in [3.63, 3.8) is 0 Å². The number of alkyl halides is 3. The molecule has 2 N–H and O–H groups in total. The van der Waals surface area contributed by atoms with Gasteiger partial charge in [-0.15, -0.1) is 23.2 Å². The van der Waals surface area contributed by atoms with Crippen molar-refractivity contribution in [3.05, 3.63) is 86.3 Å². The zero-order valence-corrected chi connectivity index (χ0v) is 21.2. The fraction of sp³-hybridized carbons (Fsp3) is 0.217. The zero-order chi connectivity index (χ0) is 25.2. The van der Waals surface area contributed by atoms with Crippen LogP contribution in [0.25, 0.3) is 0 Å². The van der Waals surface area contributed by atoms with Gasteiger partial charge in [-0.3, -0.25) is 9.59 Å². The van der Waals surface area contributed by atoms with Gasteiger partial charge in [0.05, 0.1) is 22.2 Å². The first kappa shape index (κ1) is 26.8. The molecule has 2 aromatic carbocycles. The van der Waals surface area contributed by atoms with Crippen LogP contribution in [-0.2, 0) is 4.79 Å². The Bertz CT molecular complexity index is 1180.